The van der Waals surface area contributed by atoms with Crippen LogP contribution in [-0.2, 0) is 11.4 Å². The molecule has 172 valence electrons. The van der Waals surface area contributed by atoms with Crippen molar-refractivity contribution in [2.45, 2.75) is 32.1 Å². The van der Waals surface area contributed by atoms with Crippen LogP contribution in [0.25, 0.3) is 0 Å². The van der Waals surface area contributed by atoms with E-state index < -0.39 is 6.10 Å². The molecule has 3 aromatic rings. The summed E-state index contributed by atoms with van der Waals surface area (Å²) in [6, 6.07) is 24.2. The average molecular weight is 449 g/mol. The molecule has 2 atom stereocenters. The Labute approximate surface area is 194 Å². The van der Waals surface area contributed by atoms with E-state index in [1.165, 1.54) is 12.1 Å². The number of hydrogen-bond donors (Lipinski definition) is 1. The number of hydrogen-bond acceptors (Lipinski definition) is 5. The van der Waals surface area contributed by atoms with Crippen molar-refractivity contribution in [3.8, 4) is 5.75 Å². The van der Waals surface area contributed by atoms with Crippen LogP contribution in [0.1, 0.15) is 23.1 Å². The molecule has 0 aliphatic carbocycles. The predicted octanol–water partition coefficient (Wildman–Crippen LogP) is 4.57. The maximum atomic E-state index is 13.4. The van der Waals surface area contributed by atoms with Gasteiger partial charge in [-0.2, -0.15) is 0 Å². The van der Waals surface area contributed by atoms with Crippen LogP contribution in [0.4, 0.5) is 4.39 Å². The Bertz CT molecular complexity index is 1060. The smallest absolute Gasteiger partial charge is 0.145 e. The third kappa shape index (κ3) is 6.63. The molecule has 0 bridgehead atoms. The summed E-state index contributed by atoms with van der Waals surface area (Å²) in [6.07, 6.45) is -0.120. The van der Waals surface area contributed by atoms with Gasteiger partial charge in [-0.05, 0) is 41.8 Å². The molecule has 5 nitrogen and oxygen atoms in total. The highest BCUT2D eigenvalue weighted by atomic mass is 19.1. The molecule has 0 amide bonds. The summed E-state index contributed by atoms with van der Waals surface area (Å²) in [7, 11) is 0. The highest BCUT2D eigenvalue weighted by Gasteiger charge is 2.26. The van der Waals surface area contributed by atoms with E-state index in [1.807, 2.05) is 61.5 Å². The number of aliphatic hydroxyl groups excluding tert-OH is 1. The molecule has 1 heterocycles. The molecular formula is C27H29FN2O3. The van der Waals surface area contributed by atoms with Gasteiger partial charge in [0, 0.05) is 26.1 Å². The molecule has 1 aliphatic heterocycles. The Hall–Kier alpha value is -3.22. The summed E-state index contributed by atoms with van der Waals surface area (Å²) < 4.78 is 19.2. The molecular weight excluding hydrogens is 419 g/mol. The van der Waals surface area contributed by atoms with Gasteiger partial charge in [-0.15, -0.1) is 0 Å². The van der Waals surface area contributed by atoms with Crippen molar-refractivity contribution in [1.82, 2.24) is 4.90 Å². The fourth-order valence-corrected chi connectivity index (χ4v) is 3.92. The zero-order chi connectivity index (χ0) is 23.0. The van der Waals surface area contributed by atoms with Crippen LogP contribution >= 0.6 is 0 Å². The van der Waals surface area contributed by atoms with Crippen LogP contribution in [0, 0.1) is 12.7 Å². The van der Waals surface area contributed by atoms with Crippen molar-refractivity contribution in [3.05, 3.63) is 101 Å². The van der Waals surface area contributed by atoms with E-state index in [4.69, 9.17) is 9.57 Å². The first kappa shape index (κ1) is 23.0. The molecule has 1 N–H and O–H groups in total. The molecule has 6 heteroatoms. The highest BCUT2D eigenvalue weighted by Crippen LogP contribution is 2.20. The molecule has 33 heavy (non-hydrogen) atoms. The van der Waals surface area contributed by atoms with Crippen LogP contribution in [0.3, 0.4) is 0 Å². The quantitative estimate of drug-likeness (QED) is 0.494. The summed E-state index contributed by atoms with van der Waals surface area (Å²) in [5.41, 5.74) is 3.96. The first-order chi connectivity index (χ1) is 16.1. The Kier molecular flexibility index (Phi) is 7.70. The van der Waals surface area contributed by atoms with Gasteiger partial charge in [0.2, 0.25) is 0 Å². The van der Waals surface area contributed by atoms with E-state index in [9.17, 15) is 9.50 Å². The lowest BCUT2D eigenvalue weighted by Gasteiger charge is -2.27. The van der Waals surface area contributed by atoms with E-state index in [2.05, 4.69) is 10.1 Å². The van der Waals surface area contributed by atoms with Crippen molar-refractivity contribution >= 4 is 5.71 Å². The summed E-state index contributed by atoms with van der Waals surface area (Å²) >= 11 is 0. The van der Waals surface area contributed by atoms with Gasteiger partial charge in [0.25, 0.3) is 0 Å². The fraction of sp³-hybridized carbons (Fsp3) is 0.296. The molecule has 0 saturated carbocycles. The first-order valence-electron chi connectivity index (χ1n) is 11.2. The second-order valence-corrected chi connectivity index (χ2v) is 8.39. The van der Waals surface area contributed by atoms with Gasteiger partial charge in [0.1, 0.15) is 30.4 Å². The average Bonchev–Trinajstić information content (AvgIpc) is 3.29. The van der Waals surface area contributed by atoms with Crippen LogP contribution in [0.2, 0.25) is 0 Å². The number of oxime groups is 1. The van der Waals surface area contributed by atoms with Gasteiger partial charge < -0.3 is 14.7 Å². The number of halogens is 1. The number of ether oxygens (including phenoxy) is 1. The summed E-state index contributed by atoms with van der Waals surface area (Å²) in [5.74, 6) is 0.499. The second-order valence-electron chi connectivity index (χ2n) is 8.39. The molecule has 4 rings (SSSR count). The topological polar surface area (TPSA) is 54.3 Å². The molecule has 0 fully saturated rings. The number of benzene rings is 3. The molecule has 0 spiro atoms. The minimum absolute atomic E-state index is 0.120. The lowest BCUT2D eigenvalue weighted by molar-refractivity contribution is 0.0212. The highest BCUT2D eigenvalue weighted by molar-refractivity contribution is 6.01. The van der Waals surface area contributed by atoms with Crippen LogP contribution in [0.5, 0.6) is 5.75 Å². The Morgan fingerprint density at radius 1 is 1.06 bits per heavy atom. The summed E-state index contributed by atoms with van der Waals surface area (Å²) in [6.45, 7) is 3.69. The Morgan fingerprint density at radius 3 is 2.55 bits per heavy atom. The Balaban J connectivity index is 1.37. The Morgan fingerprint density at radius 2 is 1.79 bits per heavy atom. The summed E-state index contributed by atoms with van der Waals surface area (Å²) in [5, 5.41) is 15.0. The molecule has 0 saturated heterocycles. The maximum absolute atomic E-state index is 13.4. The number of para-hydroxylation sites is 1. The number of rotatable bonds is 10. The predicted molar refractivity (Wildman–Crippen MR) is 127 cm³/mol. The minimum atomic E-state index is -0.694. The van der Waals surface area contributed by atoms with Gasteiger partial charge in [-0.25, -0.2) is 4.39 Å². The van der Waals surface area contributed by atoms with Crippen molar-refractivity contribution < 1.29 is 19.1 Å². The largest absolute Gasteiger partial charge is 0.491 e. The van der Waals surface area contributed by atoms with Gasteiger partial charge in [-0.3, -0.25) is 4.90 Å². The lowest BCUT2D eigenvalue weighted by atomic mass is 10.0. The SMILES string of the molecule is Cc1ccccc1OCC(O)CN(Cc1ccc(F)cc1)CC1CC(c2ccccc2)=NO1. The monoisotopic (exact) mass is 448 g/mol. The van der Waals surface area contributed by atoms with Crippen molar-refractivity contribution in [2.75, 3.05) is 19.7 Å². The van der Waals surface area contributed by atoms with E-state index in [0.29, 0.717) is 26.1 Å². The lowest BCUT2D eigenvalue weighted by Crippen LogP contribution is -2.39. The summed E-state index contributed by atoms with van der Waals surface area (Å²) in [4.78, 5) is 7.81. The van der Waals surface area contributed by atoms with Crippen LogP contribution in [-0.4, -0.2) is 47.6 Å². The minimum Gasteiger partial charge on any atom is -0.491 e. The van der Waals surface area contributed by atoms with E-state index in [-0.39, 0.29) is 18.5 Å². The second kappa shape index (κ2) is 11.1. The van der Waals surface area contributed by atoms with Gasteiger partial charge in [0.15, 0.2) is 0 Å². The third-order valence-corrected chi connectivity index (χ3v) is 5.62. The normalized spacial score (nSPS) is 16.4. The van der Waals surface area contributed by atoms with E-state index >= 15 is 0 Å². The van der Waals surface area contributed by atoms with Crippen molar-refractivity contribution in [3.63, 3.8) is 0 Å². The number of aryl methyl sites for hydroxylation is 1. The maximum Gasteiger partial charge on any atom is 0.145 e. The molecule has 1 aliphatic rings. The molecule has 0 aromatic heterocycles. The zero-order valence-electron chi connectivity index (χ0n) is 18.7. The van der Waals surface area contributed by atoms with E-state index in [0.717, 1.165) is 28.2 Å². The third-order valence-electron chi connectivity index (χ3n) is 5.62. The molecule has 2 unspecified atom stereocenters. The van der Waals surface area contributed by atoms with Crippen molar-refractivity contribution in [1.29, 1.82) is 0 Å². The molecule has 0 radical (unpaired) electrons. The van der Waals surface area contributed by atoms with Gasteiger partial charge >= 0.3 is 0 Å². The van der Waals surface area contributed by atoms with Gasteiger partial charge in [0.05, 0.1) is 5.71 Å². The van der Waals surface area contributed by atoms with Crippen LogP contribution in [0.15, 0.2) is 84.0 Å². The van der Waals surface area contributed by atoms with Crippen LogP contribution < -0.4 is 4.74 Å². The molecule has 3 aromatic carbocycles. The van der Waals surface area contributed by atoms with Gasteiger partial charge in [-0.1, -0.05) is 65.8 Å². The fourth-order valence-electron chi connectivity index (χ4n) is 3.92. The van der Waals surface area contributed by atoms with Crippen molar-refractivity contribution in [2.24, 2.45) is 5.16 Å². The van der Waals surface area contributed by atoms with E-state index in [1.54, 1.807) is 12.1 Å². The first-order valence-corrected chi connectivity index (χ1v) is 11.2. The standard InChI is InChI=1S/C27H29FN2O3/c1-20-7-5-6-10-27(20)32-19-24(31)17-30(16-21-11-13-23(28)14-12-21)18-25-15-26(29-33-25)22-8-3-2-4-9-22/h2-14,24-25,31H,15-19H2,1H3. The zero-order valence-corrected chi connectivity index (χ0v) is 18.7. The number of nitrogens with zero attached hydrogens (tertiary/aromatic N) is 2. The number of aliphatic hydroxyl groups is 1.